The van der Waals surface area contributed by atoms with Crippen LogP contribution >= 0.6 is 11.6 Å². The average Bonchev–Trinajstić information content (AvgIpc) is 2.48. The molecule has 0 bridgehead atoms. The van der Waals surface area contributed by atoms with E-state index in [0.29, 0.717) is 17.2 Å². The molecule has 2 rings (SSSR count). The second-order valence-electron chi connectivity index (χ2n) is 4.76. The maximum absolute atomic E-state index is 11.4. The first kappa shape index (κ1) is 15.4. The average molecular weight is 304 g/mol. The van der Waals surface area contributed by atoms with Crippen LogP contribution in [0.1, 0.15) is 35.9 Å². The zero-order chi connectivity index (χ0) is 15.2. The molecule has 110 valence electrons. The van der Waals surface area contributed by atoms with Crippen molar-refractivity contribution in [2.45, 2.75) is 26.7 Å². The zero-order valence-electron chi connectivity index (χ0n) is 12.2. The molecule has 5 heteroatoms. The lowest BCUT2D eigenvalue weighted by Gasteiger charge is -2.25. The van der Waals surface area contributed by atoms with Crippen molar-refractivity contribution in [2.24, 2.45) is 0 Å². The van der Waals surface area contributed by atoms with E-state index in [4.69, 9.17) is 11.6 Å². The van der Waals surface area contributed by atoms with Crippen LogP contribution in [0.25, 0.3) is 0 Å². The number of aldehydes is 1. The molecule has 0 N–H and O–H groups in total. The molecule has 1 aromatic heterocycles. The van der Waals surface area contributed by atoms with Gasteiger partial charge in [-0.1, -0.05) is 43.1 Å². The highest BCUT2D eigenvalue weighted by Crippen LogP contribution is 2.29. The summed E-state index contributed by atoms with van der Waals surface area (Å²) >= 11 is 6.09. The van der Waals surface area contributed by atoms with Gasteiger partial charge in [0.2, 0.25) is 0 Å². The van der Waals surface area contributed by atoms with E-state index >= 15 is 0 Å². The molecule has 21 heavy (non-hydrogen) atoms. The van der Waals surface area contributed by atoms with Gasteiger partial charge in [-0.3, -0.25) is 4.79 Å². The number of carbonyl (C=O) groups excluding carboxylic acids is 1. The molecule has 0 saturated heterocycles. The molecule has 0 aliphatic heterocycles. The van der Waals surface area contributed by atoms with E-state index in [2.05, 4.69) is 16.9 Å². The number of aromatic nitrogens is 2. The third-order valence-electron chi connectivity index (χ3n) is 3.17. The molecule has 4 nitrogen and oxygen atoms in total. The van der Waals surface area contributed by atoms with Crippen LogP contribution in [0.2, 0.25) is 5.15 Å². The van der Waals surface area contributed by atoms with Gasteiger partial charge in [-0.15, -0.1) is 0 Å². The summed E-state index contributed by atoms with van der Waals surface area (Å²) in [4.78, 5) is 21.9. The highest BCUT2D eigenvalue weighted by Gasteiger charge is 2.18. The standard InChI is InChI=1S/C16H18ClN3O/c1-3-4-10-20(13-8-6-5-7-9-13)16-14(11-21)15(17)18-12(2)19-16/h5-9,11H,3-4,10H2,1-2H3. The van der Waals surface area contributed by atoms with Crippen LogP contribution < -0.4 is 4.90 Å². The maximum atomic E-state index is 11.4. The van der Waals surface area contributed by atoms with E-state index in [0.717, 1.165) is 31.4 Å². The van der Waals surface area contributed by atoms with E-state index in [1.54, 1.807) is 6.92 Å². The van der Waals surface area contributed by atoms with Gasteiger partial charge in [-0.25, -0.2) is 9.97 Å². The van der Waals surface area contributed by atoms with Crippen molar-refractivity contribution in [2.75, 3.05) is 11.4 Å². The minimum absolute atomic E-state index is 0.199. The van der Waals surface area contributed by atoms with Crippen molar-refractivity contribution >= 4 is 29.4 Å². The van der Waals surface area contributed by atoms with Gasteiger partial charge in [0.15, 0.2) is 6.29 Å². The number of para-hydroxylation sites is 1. The third kappa shape index (κ3) is 3.58. The van der Waals surface area contributed by atoms with Gasteiger partial charge < -0.3 is 4.90 Å². The normalized spacial score (nSPS) is 10.4. The lowest BCUT2D eigenvalue weighted by atomic mass is 10.2. The minimum atomic E-state index is 0.199. The molecule has 0 radical (unpaired) electrons. The fraction of sp³-hybridized carbons (Fsp3) is 0.312. The van der Waals surface area contributed by atoms with Gasteiger partial charge in [-0.2, -0.15) is 0 Å². The number of hydrogen-bond donors (Lipinski definition) is 0. The summed E-state index contributed by atoms with van der Waals surface area (Å²) in [6.45, 7) is 4.67. The predicted octanol–water partition coefficient (Wildman–Crippen LogP) is 4.19. The minimum Gasteiger partial charge on any atom is -0.326 e. The number of benzene rings is 1. The smallest absolute Gasteiger partial charge is 0.156 e. The summed E-state index contributed by atoms with van der Waals surface area (Å²) in [6, 6.07) is 9.88. The number of halogens is 1. The zero-order valence-corrected chi connectivity index (χ0v) is 13.0. The molecule has 0 unspecified atom stereocenters. The Morgan fingerprint density at radius 2 is 1.95 bits per heavy atom. The number of hydrogen-bond acceptors (Lipinski definition) is 4. The second kappa shape index (κ2) is 7.18. The molecule has 0 fully saturated rings. The van der Waals surface area contributed by atoms with E-state index in [1.165, 1.54) is 0 Å². The van der Waals surface area contributed by atoms with Crippen LogP contribution in [0.3, 0.4) is 0 Å². The van der Waals surface area contributed by atoms with Crippen molar-refractivity contribution in [1.29, 1.82) is 0 Å². The topological polar surface area (TPSA) is 46.1 Å². The Morgan fingerprint density at radius 3 is 2.57 bits per heavy atom. The Kier molecular flexibility index (Phi) is 5.28. The quantitative estimate of drug-likeness (QED) is 0.593. The van der Waals surface area contributed by atoms with Crippen LogP contribution in [0.4, 0.5) is 11.5 Å². The molecule has 2 aromatic rings. The van der Waals surface area contributed by atoms with E-state index in [9.17, 15) is 4.79 Å². The highest BCUT2D eigenvalue weighted by molar-refractivity contribution is 6.32. The Hall–Kier alpha value is -1.94. The molecular formula is C16H18ClN3O. The van der Waals surface area contributed by atoms with Gasteiger partial charge in [0, 0.05) is 12.2 Å². The molecule has 1 aromatic carbocycles. The monoisotopic (exact) mass is 303 g/mol. The van der Waals surface area contributed by atoms with Crippen LogP contribution in [0, 0.1) is 6.92 Å². The molecule has 1 heterocycles. The van der Waals surface area contributed by atoms with Crippen molar-refractivity contribution in [3.05, 3.63) is 46.9 Å². The Balaban J connectivity index is 2.53. The summed E-state index contributed by atoms with van der Waals surface area (Å²) in [6.07, 6.45) is 2.77. The summed E-state index contributed by atoms with van der Waals surface area (Å²) in [5.74, 6) is 1.13. The fourth-order valence-corrected chi connectivity index (χ4v) is 2.37. The predicted molar refractivity (Wildman–Crippen MR) is 85.5 cm³/mol. The first-order chi connectivity index (χ1) is 10.2. The van der Waals surface area contributed by atoms with E-state index in [-0.39, 0.29) is 5.15 Å². The summed E-state index contributed by atoms with van der Waals surface area (Å²) in [5.41, 5.74) is 1.32. The molecule has 0 aliphatic carbocycles. The van der Waals surface area contributed by atoms with Crippen molar-refractivity contribution < 1.29 is 4.79 Å². The number of anilines is 2. The molecule has 0 aliphatic rings. The Morgan fingerprint density at radius 1 is 1.24 bits per heavy atom. The third-order valence-corrected chi connectivity index (χ3v) is 3.46. The largest absolute Gasteiger partial charge is 0.326 e. The highest BCUT2D eigenvalue weighted by atomic mass is 35.5. The SMILES string of the molecule is CCCCN(c1ccccc1)c1nc(C)nc(Cl)c1C=O. The van der Waals surface area contributed by atoms with Gasteiger partial charge in [0.05, 0.1) is 5.56 Å². The number of nitrogens with zero attached hydrogens (tertiary/aromatic N) is 3. The Bertz CT molecular complexity index is 616. The first-order valence-electron chi connectivity index (χ1n) is 6.99. The van der Waals surface area contributed by atoms with E-state index < -0.39 is 0 Å². The van der Waals surface area contributed by atoms with Gasteiger partial charge in [0.25, 0.3) is 0 Å². The van der Waals surface area contributed by atoms with Gasteiger partial charge >= 0.3 is 0 Å². The number of aryl methyl sites for hydroxylation is 1. The van der Waals surface area contributed by atoms with Crippen LogP contribution in [-0.2, 0) is 0 Å². The Labute approximate surface area is 129 Å². The maximum Gasteiger partial charge on any atom is 0.156 e. The van der Waals surface area contributed by atoms with Gasteiger partial charge in [0.1, 0.15) is 16.8 Å². The van der Waals surface area contributed by atoms with Crippen LogP contribution in [-0.4, -0.2) is 22.8 Å². The number of unbranched alkanes of at least 4 members (excludes halogenated alkanes) is 1. The number of rotatable bonds is 6. The fourth-order valence-electron chi connectivity index (χ4n) is 2.12. The summed E-state index contributed by atoms with van der Waals surface area (Å²) in [7, 11) is 0. The van der Waals surface area contributed by atoms with Crippen molar-refractivity contribution in [3.8, 4) is 0 Å². The number of carbonyl (C=O) groups is 1. The molecule has 0 amide bonds. The first-order valence-corrected chi connectivity index (χ1v) is 7.37. The van der Waals surface area contributed by atoms with Crippen molar-refractivity contribution in [1.82, 2.24) is 9.97 Å². The molecule has 0 saturated carbocycles. The molecular weight excluding hydrogens is 286 g/mol. The lowest BCUT2D eigenvalue weighted by Crippen LogP contribution is -2.22. The second-order valence-corrected chi connectivity index (χ2v) is 5.12. The van der Waals surface area contributed by atoms with Crippen molar-refractivity contribution in [3.63, 3.8) is 0 Å². The van der Waals surface area contributed by atoms with Crippen LogP contribution in [0.15, 0.2) is 30.3 Å². The molecule has 0 atom stereocenters. The van der Waals surface area contributed by atoms with Gasteiger partial charge in [-0.05, 0) is 25.5 Å². The van der Waals surface area contributed by atoms with Crippen LogP contribution in [0.5, 0.6) is 0 Å². The summed E-state index contributed by atoms with van der Waals surface area (Å²) in [5, 5.41) is 0.199. The van der Waals surface area contributed by atoms with E-state index in [1.807, 2.05) is 35.2 Å². The molecule has 0 spiro atoms. The summed E-state index contributed by atoms with van der Waals surface area (Å²) < 4.78 is 0. The lowest BCUT2D eigenvalue weighted by molar-refractivity contribution is 0.112.